The molecule has 0 saturated carbocycles. The smallest absolute Gasteiger partial charge is 0.183 e. The lowest BCUT2D eigenvalue weighted by Gasteiger charge is -2.18. The van der Waals surface area contributed by atoms with Crippen LogP contribution >= 0.6 is 11.3 Å². The molecule has 1 N–H and O–H groups in total. The highest BCUT2D eigenvalue weighted by molar-refractivity contribution is 7.14. The first kappa shape index (κ1) is 15.0. The summed E-state index contributed by atoms with van der Waals surface area (Å²) in [4.78, 5) is 4.74. The second kappa shape index (κ2) is 5.57. The summed E-state index contributed by atoms with van der Waals surface area (Å²) in [7, 11) is 0. The van der Waals surface area contributed by atoms with Crippen LogP contribution in [0.2, 0.25) is 0 Å². The molecule has 20 heavy (non-hydrogen) atoms. The maximum Gasteiger partial charge on any atom is 0.183 e. The minimum Gasteiger partial charge on any atom is -0.361 e. The molecule has 2 rings (SSSR count). The van der Waals surface area contributed by atoms with Gasteiger partial charge in [-0.05, 0) is 37.3 Å². The van der Waals surface area contributed by atoms with E-state index in [1.165, 1.54) is 22.3 Å². The summed E-state index contributed by atoms with van der Waals surface area (Å²) in [5.41, 5.74) is 6.54. The van der Waals surface area contributed by atoms with Gasteiger partial charge < -0.3 is 5.32 Å². The maximum atomic E-state index is 4.74. The molecule has 1 aromatic heterocycles. The molecular formula is C17H24N2S. The Morgan fingerprint density at radius 2 is 1.70 bits per heavy atom. The van der Waals surface area contributed by atoms with Gasteiger partial charge in [0.05, 0.1) is 5.69 Å². The second-order valence-corrected chi connectivity index (χ2v) is 7.58. The van der Waals surface area contributed by atoms with Crippen molar-refractivity contribution in [2.45, 2.75) is 41.5 Å². The average molecular weight is 288 g/mol. The molecule has 0 bridgehead atoms. The zero-order chi connectivity index (χ0) is 14.9. The van der Waals surface area contributed by atoms with E-state index in [0.717, 1.165) is 17.4 Å². The van der Waals surface area contributed by atoms with Gasteiger partial charge in [0.25, 0.3) is 0 Å². The van der Waals surface area contributed by atoms with E-state index < -0.39 is 0 Å². The summed E-state index contributed by atoms with van der Waals surface area (Å²) in [5.74, 6) is 0. The Bertz CT molecular complexity index is 583. The molecule has 0 unspecified atom stereocenters. The lowest BCUT2D eigenvalue weighted by molar-refractivity contribution is 0.443. The fourth-order valence-electron chi connectivity index (χ4n) is 2.39. The quantitative estimate of drug-likeness (QED) is 0.840. The van der Waals surface area contributed by atoms with Gasteiger partial charge in [-0.2, -0.15) is 0 Å². The first-order valence-electron chi connectivity index (χ1n) is 7.04. The molecule has 0 aliphatic carbocycles. The van der Waals surface area contributed by atoms with Crippen LogP contribution in [-0.2, 0) is 0 Å². The van der Waals surface area contributed by atoms with E-state index in [1.54, 1.807) is 11.3 Å². The number of benzene rings is 1. The van der Waals surface area contributed by atoms with E-state index in [4.69, 9.17) is 4.98 Å². The number of nitrogens with zero attached hydrogens (tertiary/aromatic N) is 1. The third-order valence-corrected chi connectivity index (χ3v) is 4.01. The third-order valence-electron chi connectivity index (χ3n) is 3.21. The molecular weight excluding hydrogens is 264 g/mol. The fraction of sp³-hybridized carbons (Fsp3) is 0.471. The number of nitrogens with one attached hydrogen (secondary N) is 1. The Hall–Kier alpha value is -1.35. The van der Waals surface area contributed by atoms with Gasteiger partial charge in [-0.1, -0.05) is 38.5 Å². The van der Waals surface area contributed by atoms with Crippen molar-refractivity contribution in [3.63, 3.8) is 0 Å². The molecule has 0 fully saturated rings. The van der Waals surface area contributed by atoms with Crippen molar-refractivity contribution in [3.8, 4) is 11.3 Å². The van der Waals surface area contributed by atoms with Crippen LogP contribution in [0.3, 0.4) is 0 Å². The fourth-order valence-corrected chi connectivity index (χ4v) is 3.09. The zero-order valence-corrected chi connectivity index (χ0v) is 14.1. The summed E-state index contributed by atoms with van der Waals surface area (Å²) in [5, 5.41) is 6.59. The second-order valence-electron chi connectivity index (χ2n) is 6.73. The molecule has 0 aliphatic rings. The molecule has 108 valence electrons. The monoisotopic (exact) mass is 288 g/mol. The predicted octanol–water partition coefficient (Wildman–Crippen LogP) is 5.19. The van der Waals surface area contributed by atoms with Gasteiger partial charge in [-0.3, -0.25) is 0 Å². The third kappa shape index (κ3) is 3.60. The Labute approximate surface area is 126 Å². The number of hydrogen-bond donors (Lipinski definition) is 1. The summed E-state index contributed by atoms with van der Waals surface area (Å²) < 4.78 is 0. The highest BCUT2D eigenvalue weighted by atomic mass is 32.1. The van der Waals surface area contributed by atoms with Crippen LogP contribution in [0, 0.1) is 26.2 Å². The zero-order valence-electron chi connectivity index (χ0n) is 13.3. The van der Waals surface area contributed by atoms with Crippen LogP contribution in [-0.4, -0.2) is 11.5 Å². The predicted molar refractivity (Wildman–Crippen MR) is 89.7 cm³/mol. The molecule has 2 nitrogen and oxygen atoms in total. The largest absolute Gasteiger partial charge is 0.361 e. The standard InChI is InChI=1S/C17H24N2S/c1-11-7-12(2)15(13(3)8-11)14-9-20-16(19-14)18-10-17(4,5)6/h7-9H,10H2,1-6H3,(H,18,19). The highest BCUT2D eigenvalue weighted by Gasteiger charge is 2.13. The van der Waals surface area contributed by atoms with Crippen LogP contribution in [0.1, 0.15) is 37.5 Å². The first-order chi connectivity index (χ1) is 9.26. The van der Waals surface area contributed by atoms with Crippen molar-refractivity contribution >= 4 is 16.5 Å². The summed E-state index contributed by atoms with van der Waals surface area (Å²) in [6.45, 7) is 14.1. The molecule has 1 heterocycles. The van der Waals surface area contributed by atoms with E-state index in [2.05, 4.69) is 64.4 Å². The summed E-state index contributed by atoms with van der Waals surface area (Å²) in [6.07, 6.45) is 0. The summed E-state index contributed by atoms with van der Waals surface area (Å²) in [6, 6.07) is 4.45. The first-order valence-corrected chi connectivity index (χ1v) is 7.92. The highest BCUT2D eigenvalue weighted by Crippen LogP contribution is 2.31. The van der Waals surface area contributed by atoms with Crippen LogP contribution in [0.4, 0.5) is 5.13 Å². The van der Waals surface area contributed by atoms with Crippen LogP contribution in [0.5, 0.6) is 0 Å². The minimum atomic E-state index is 0.265. The lowest BCUT2D eigenvalue weighted by Crippen LogP contribution is -2.18. The van der Waals surface area contributed by atoms with E-state index in [1.807, 2.05) is 0 Å². The number of anilines is 1. The molecule has 3 heteroatoms. The van der Waals surface area contributed by atoms with Crippen LogP contribution in [0.15, 0.2) is 17.5 Å². The SMILES string of the molecule is Cc1cc(C)c(-c2csc(NCC(C)(C)C)n2)c(C)c1. The Kier molecular flexibility index (Phi) is 4.19. The number of rotatable bonds is 3. The van der Waals surface area contributed by atoms with E-state index in [9.17, 15) is 0 Å². The van der Waals surface area contributed by atoms with Gasteiger partial charge in [0, 0.05) is 17.5 Å². The number of aryl methyl sites for hydroxylation is 3. The van der Waals surface area contributed by atoms with E-state index in [0.29, 0.717) is 0 Å². The van der Waals surface area contributed by atoms with Gasteiger partial charge in [0.2, 0.25) is 0 Å². The van der Waals surface area contributed by atoms with Crippen molar-refractivity contribution in [2.24, 2.45) is 5.41 Å². The lowest BCUT2D eigenvalue weighted by atomic mass is 9.97. The molecule has 2 aromatic rings. The van der Waals surface area contributed by atoms with Crippen LogP contribution < -0.4 is 5.32 Å². The minimum absolute atomic E-state index is 0.265. The molecule has 0 spiro atoms. The van der Waals surface area contributed by atoms with Crippen molar-refractivity contribution < 1.29 is 0 Å². The van der Waals surface area contributed by atoms with Crippen LogP contribution in [0.25, 0.3) is 11.3 Å². The average Bonchev–Trinajstić information content (AvgIpc) is 2.72. The molecule has 0 atom stereocenters. The van der Waals surface area contributed by atoms with Gasteiger partial charge in [-0.15, -0.1) is 11.3 Å². The summed E-state index contributed by atoms with van der Waals surface area (Å²) >= 11 is 1.68. The molecule has 0 radical (unpaired) electrons. The Balaban J connectivity index is 2.25. The van der Waals surface area contributed by atoms with Gasteiger partial charge in [-0.25, -0.2) is 4.98 Å². The Morgan fingerprint density at radius 3 is 2.25 bits per heavy atom. The van der Waals surface area contributed by atoms with Crippen molar-refractivity contribution in [1.82, 2.24) is 4.98 Å². The van der Waals surface area contributed by atoms with Gasteiger partial charge >= 0.3 is 0 Å². The van der Waals surface area contributed by atoms with Crippen molar-refractivity contribution in [2.75, 3.05) is 11.9 Å². The number of thiazole rings is 1. The van der Waals surface area contributed by atoms with Crippen molar-refractivity contribution in [1.29, 1.82) is 0 Å². The normalized spacial score (nSPS) is 11.7. The number of hydrogen-bond acceptors (Lipinski definition) is 3. The maximum absolute atomic E-state index is 4.74. The molecule has 0 saturated heterocycles. The van der Waals surface area contributed by atoms with Gasteiger partial charge in [0.15, 0.2) is 5.13 Å². The topological polar surface area (TPSA) is 24.9 Å². The van der Waals surface area contributed by atoms with Gasteiger partial charge in [0.1, 0.15) is 0 Å². The molecule has 0 aliphatic heterocycles. The molecule has 0 amide bonds. The molecule has 1 aromatic carbocycles. The van der Waals surface area contributed by atoms with E-state index >= 15 is 0 Å². The van der Waals surface area contributed by atoms with Crippen molar-refractivity contribution in [3.05, 3.63) is 34.2 Å². The number of aromatic nitrogens is 1. The van der Waals surface area contributed by atoms with E-state index in [-0.39, 0.29) is 5.41 Å². The Morgan fingerprint density at radius 1 is 1.10 bits per heavy atom.